The van der Waals surface area contributed by atoms with Crippen molar-refractivity contribution in [1.29, 1.82) is 0 Å². The molecule has 3 rings (SSSR count). The van der Waals surface area contributed by atoms with Gasteiger partial charge in [0.05, 0.1) is 6.61 Å². The minimum absolute atomic E-state index is 0.280. The van der Waals surface area contributed by atoms with Crippen LogP contribution < -0.4 is 5.32 Å². The van der Waals surface area contributed by atoms with E-state index in [9.17, 15) is 4.79 Å². The Kier molecular flexibility index (Phi) is 7.06. The van der Waals surface area contributed by atoms with E-state index < -0.39 is 0 Å². The SMILES string of the molecule is CCOC(=O)C(C)=Cc1ccc(C#Cc2cccc(CNCC3CC3)c2)cc1. The normalized spacial score (nSPS) is 13.6. The van der Waals surface area contributed by atoms with Crippen molar-refractivity contribution >= 4 is 12.0 Å². The van der Waals surface area contributed by atoms with Crippen molar-refractivity contribution in [2.45, 2.75) is 33.2 Å². The molecule has 144 valence electrons. The van der Waals surface area contributed by atoms with Gasteiger partial charge >= 0.3 is 5.97 Å². The standard InChI is InChI=1S/C25H27NO2/c1-3-28-25(27)19(2)15-22-11-8-20(9-12-22)7-10-21-5-4-6-24(16-21)18-26-17-23-13-14-23/h4-6,8-9,11-12,15-16,23,26H,3,13-14,17-18H2,1-2H3. The largest absolute Gasteiger partial charge is 0.463 e. The van der Waals surface area contributed by atoms with Gasteiger partial charge in [-0.2, -0.15) is 0 Å². The molecule has 1 aliphatic carbocycles. The summed E-state index contributed by atoms with van der Waals surface area (Å²) >= 11 is 0. The van der Waals surface area contributed by atoms with E-state index in [-0.39, 0.29) is 5.97 Å². The Labute approximate surface area is 167 Å². The monoisotopic (exact) mass is 373 g/mol. The Morgan fingerprint density at radius 3 is 2.61 bits per heavy atom. The molecule has 0 spiro atoms. The van der Waals surface area contributed by atoms with Crippen LogP contribution in [-0.2, 0) is 16.1 Å². The summed E-state index contributed by atoms with van der Waals surface area (Å²) in [4.78, 5) is 11.7. The van der Waals surface area contributed by atoms with Crippen LogP contribution in [0.15, 0.2) is 54.1 Å². The molecule has 1 saturated carbocycles. The van der Waals surface area contributed by atoms with Crippen LogP contribution in [0.2, 0.25) is 0 Å². The lowest BCUT2D eigenvalue weighted by molar-refractivity contribution is -0.138. The summed E-state index contributed by atoms with van der Waals surface area (Å²) in [6.07, 6.45) is 4.57. The van der Waals surface area contributed by atoms with Gasteiger partial charge in [-0.3, -0.25) is 0 Å². The van der Waals surface area contributed by atoms with Gasteiger partial charge < -0.3 is 10.1 Å². The number of rotatable bonds is 7. The number of esters is 1. The van der Waals surface area contributed by atoms with Gasteiger partial charge in [-0.05, 0) is 80.6 Å². The van der Waals surface area contributed by atoms with Gasteiger partial charge in [0.1, 0.15) is 0 Å². The molecule has 0 amide bonds. The summed E-state index contributed by atoms with van der Waals surface area (Å²) in [6, 6.07) is 16.2. The third-order valence-electron chi connectivity index (χ3n) is 4.63. The molecule has 3 heteroatoms. The van der Waals surface area contributed by atoms with Crippen LogP contribution >= 0.6 is 0 Å². The van der Waals surface area contributed by atoms with Gasteiger partial charge in [0.25, 0.3) is 0 Å². The Morgan fingerprint density at radius 1 is 1.14 bits per heavy atom. The molecule has 0 radical (unpaired) electrons. The summed E-state index contributed by atoms with van der Waals surface area (Å²) in [5.74, 6) is 7.06. The molecule has 3 nitrogen and oxygen atoms in total. The molecule has 0 heterocycles. The molecule has 2 aromatic carbocycles. The maximum atomic E-state index is 11.7. The van der Waals surface area contributed by atoms with E-state index in [0.717, 1.165) is 35.7 Å². The molecule has 1 aliphatic rings. The molecule has 2 aromatic rings. The first-order valence-corrected chi connectivity index (χ1v) is 9.91. The second kappa shape index (κ2) is 9.92. The maximum Gasteiger partial charge on any atom is 0.333 e. The van der Waals surface area contributed by atoms with Crippen LogP contribution in [-0.4, -0.2) is 19.1 Å². The van der Waals surface area contributed by atoms with Crippen molar-refractivity contribution in [1.82, 2.24) is 5.32 Å². The van der Waals surface area contributed by atoms with Gasteiger partial charge in [0.15, 0.2) is 0 Å². The lowest BCUT2D eigenvalue weighted by Gasteiger charge is -2.04. The number of hydrogen-bond donors (Lipinski definition) is 1. The molecule has 0 unspecified atom stereocenters. The van der Waals surface area contributed by atoms with Crippen molar-refractivity contribution < 1.29 is 9.53 Å². The molecule has 0 aliphatic heterocycles. The van der Waals surface area contributed by atoms with Crippen molar-refractivity contribution in [3.05, 3.63) is 76.4 Å². The average molecular weight is 373 g/mol. The van der Waals surface area contributed by atoms with Crippen LogP contribution in [0.25, 0.3) is 6.08 Å². The van der Waals surface area contributed by atoms with Crippen LogP contribution in [0.5, 0.6) is 0 Å². The summed E-state index contributed by atoms with van der Waals surface area (Å²) in [5.41, 5.74) is 4.78. The summed E-state index contributed by atoms with van der Waals surface area (Å²) in [6.45, 7) is 5.97. The predicted octanol–water partition coefficient (Wildman–Crippen LogP) is 4.55. The van der Waals surface area contributed by atoms with Crippen LogP contribution in [0.3, 0.4) is 0 Å². The topological polar surface area (TPSA) is 38.3 Å². The molecule has 0 atom stereocenters. The highest BCUT2D eigenvalue weighted by atomic mass is 16.5. The third kappa shape index (κ3) is 6.40. The Bertz CT molecular complexity index is 896. The highest BCUT2D eigenvalue weighted by Crippen LogP contribution is 2.27. The lowest BCUT2D eigenvalue weighted by Crippen LogP contribution is -2.16. The predicted molar refractivity (Wildman–Crippen MR) is 114 cm³/mol. The zero-order chi connectivity index (χ0) is 19.8. The summed E-state index contributed by atoms with van der Waals surface area (Å²) in [5, 5.41) is 3.52. The van der Waals surface area contributed by atoms with Crippen LogP contribution in [0, 0.1) is 17.8 Å². The second-order valence-electron chi connectivity index (χ2n) is 7.19. The van der Waals surface area contributed by atoms with E-state index >= 15 is 0 Å². The van der Waals surface area contributed by atoms with Crippen LogP contribution in [0.1, 0.15) is 48.9 Å². The van der Waals surface area contributed by atoms with E-state index in [1.165, 1.54) is 18.4 Å². The fourth-order valence-electron chi connectivity index (χ4n) is 2.86. The molecule has 1 N–H and O–H groups in total. The highest BCUT2D eigenvalue weighted by molar-refractivity contribution is 5.92. The third-order valence-corrected chi connectivity index (χ3v) is 4.63. The van der Waals surface area contributed by atoms with Crippen LogP contribution in [0.4, 0.5) is 0 Å². The Hall–Kier alpha value is -2.83. The Morgan fingerprint density at radius 2 is 1.89 bits per heavy atom. The van der Waals surface area contributed by atoms with Crippen molar-refractivity contribution in [2.24, 2.45) is 5.92 Å². The second-order valence-corrected chi connectivity index (χ2v) is 7.19. The number of ether oxygens (including phenoxy) is 1. The zero-order valence-electron chi connectivity index (χ0n) is 16.6. The molecule has 0 bridgehead atoms. The molecule has 1 fully saturated rings. The van der Waals surface area contributed by atoms with E-state index in [1.807, 2.05) is 36.4 Å². The average Bonchev–Trinajstić information content (AvgIpc) is 3.52. The molecular weight excluding hydrogens is 346 g/mol. The van der Waals surface area contributed by atoms with E-state index in [0.29, 0.717) is 12.2 Å². The van der Waals surface area contributed by atoms with Gasteiger partial charge in [-0.25, -0.2) is 4.79 Å². The summed E-state index contributed by atoms with van der Waals surface area (Å²) in [7, 11) is 0. The quantitative estimate of drug-likeness (QED) is 0.439. The van der Waals surface area contributed by atoms with Crippen molar-refractivity contribution in [3.63, 3.8) is 0 Å². The number of benzene rings is 2. The lowest BCUT2D eigenvalue weighted by atomic mass is 10.1. The van der Waals surface area contributed by atoms with Crippen molar-refractivity contribution in [3.8, 4) is 11.8 Å². The minimum atomic E-state index is -0.280. The number of hydrogen-bond acceptors (Lipinski definition) is 3. The zero-order valence-corrected chi connectivity index (χ0v) is 16.6. The fourth-order valence-corrected chi connectivity index (χ4v) is 2.86. The molecule has 0 saturated heterocycles. The number of carbonyl (C=O) groups is 1. The smallest absolute Gasteiger partial charge is 0.333 e. The molecule has 0 aromatic heterocycles. The van der Waals surface area contributed by atoms with Gasteiger partial charge in [0.2, 0.25) is 0 Å². The van der Waals surface area contributed by atoms with Gasteiger partial charge in [0, 0.05) is 23.2 Å². The van der Waals surface area contributed by atoms with Crippen molar-refractivity contribution in [2.75, 3.05) is 13.2 Å². The molecular formula is C25H27NO2. The first-order valence-electron chi connectivity index (χ1n) is 9.91. The highest BCUT2D eigenvalue weighted by Gasteiger charge is 2.19. The minimum Gasteiger partial charge on any atom is -0.463 e. The van der Waals surface area contributed by atoms with Gasteiger partial charge in [-0.15, -0.1) is 0 Å². The molecule has 28 heavy (non-hydrogen) atoms. The van der Waals surface area contributed by atoms with E-state index in [4.69, 9.17) is 4.74 Å². The maximum absolute atomic E-state index is 11.7. The van der Waals surface area contributed by atoms with E-state index in [2.05, 4.69) is 35.4 Å². The first kappa shape index (κ1) is 19.9. The Balaban J connectivity index is 1.60. The summed E-state index contributed by atoms with van der Waals surface area (Å²) < 4.78 is 5.00. The van der Waals surface area contributed by atoms with Gasteiger partial charge in [-0.1, -0.05) is 36.1 Å². The first-order chi connectivity index (χ1) is 13.6. The van der Waals surface area contributed by atoms with E-state index in [1.54, 1.807) is 13.8 Å². The number of carbonyl (C=O) groups excluding carboxylic acids is 1. The number of nitrogens with one attached hydrogen (secondary N) is 1. The fraction of sp³-hybridized carbons (Fsp3) is 0.320.